The van der Waals surface area contributed by atoms with Crippen LogP contribution in [0.2, 0.25) is 5.02 Å². The zero-order valence-electron chi connectivity index (χ0n) is 17.3. The number of likely N-dealkylation sites (tertiary alicyclic amines) is 1. The monoisotopic (exact) mass is 480 g/mol. The molecule has 2 heterocycles. The normalized spacial score (nSPS) is 21.3. The largest absolute Gasteiger partial charge is 0.586 e. The lowest BCUT2D eigenvalue weighted by Gasteiger charge is -2.43. The summed E-state index contributed by atoms with van der Waals surface area (Å²) in [4.78, 5) is 37.7. The van der Waals surface area contributed by atoms with E-state index < -0.39 is 42.2 Å². The van der Waals surface area contributed by atoms with Crippen LogP contribution in [0.15, 0.2) is 42.5 Å². The maximum atomic E-state index is 13.2. The number of halogens is 3. The van der Waals surface area contributed by atoms with Gasteiger partial charge in [-0.2, -0.15) is 0 Å². The van der Waals surface area contributed by atoms with Crippen molar-refractivity contribution in [3.05, 3.63) is 58.6 Å². The molecule has 174 valence electrons. The van der Waals surface area contributed by atoms with Crippen LogP contribution in [0.5, 0.6) is 11.5 Å². The summed E-state index contributed by atoms with van der Waals surface area (Å²) in [5.74, 6) is -3.08. The van der Waals surface area contributed by atoms with Gasteiger partial charge in [-0.25, -0.2) is 14.5 Å². The Bertz CT molecular complexity index is 1130. The number of rotatable bonds is 6. The second-order valence-electron chi connectivity index (χ2n) is 7.81. The fraction of sp³-hybridized carbons (Fsp3) is 0.318. The first-order valence-electron chi connectivity index (χ1n) is 10.1. The van der Waals surface area contributed by atoms with Gasteiger partial charge in [-0.1, -0.05) is 29.8 Å². The molecule has 2 aliphatic heterocycles. The zero-order valence-corrected chi connectivity index (χ0v) is 18.0. The lowest BCUT2D eigenvalue weighted by molar-refractivity contribution is -0.286. The number of urea groups is 1. The number of nitrogens with zero attached hydrogens (tertiary/aromatic N) is 1. The van der Waals surface area contributed by atoms with Gasteiger partial charge >= 0.3 is 18.3 Å². The molecular weight excluding hydrogens is 462 g/mol. The Morgan fingerprint density at radius 3 is 2.64 bits per heavy atom. The van der Waals surface area contributed by atoms with Crippen LogP contribution in [0.4, 0.5) is 13.6 Å². The van der Waals surface area contributed by atoms with Crippen LogP contribution in [-0.2, 0) is 16.0 Å². The number of aryl methyl sites for hydroxylation is 1. The smallest absolute Gasteiger partial charge is 0.480 e. The molecule has 3 amide bonds. The number of hydrogen-bond acceptors (Lipinski definition) is 5. The van der Waals surface area contributed by atoms with E-state index in [-0.39, 0.29) is 17.9 Å². The van der Waals surface area contributed by atoms with Crippen molar-refractivity contribution in [2.45, 2.75) is 38.1 Å². The Morgan fingerprint density at radius 2 is 1.94 bits per heavy atom. The summed E-state index contributed by atoms with van der Waals surface area (Å²) in [5.41, 5.74) is 1.25. The zero-order chi connectivity index (χ0) is 23.9. The van der Waals surface area contributed by atoms with Crippen molar-refractivity contribution in [1.29, 1.82) is 0 Å². The van der Waals surface area contributed by atoms with Crippen LogP contribution in [0.1, 0.15) is 30.5 Å². The number of ether oxygens (including phenoxy) is 2. The Labute approximate surface area is 192 Å². The van der Waals surface area contributed by atoms with E-state index >= 15 is 0 Å². The predicted molar refractivity (Wildman–Crippen MR) is 111 cm³/mol. The molecule has 8 nitrogen and oxygen atoms in total. The number of hydrogen-bond donors (Lipinski definition) is 2. The van der Waals surface area contributed by atoms with Gasteiger partial charge in [0.1, 0.15) is 0 Å². The van der Waals surface area contributed by atoms with Gasteiger partial charge in [0.25, 0.3) is 0 Å². The van der Waals surface area contributed by atoms with E-state index in [2.05, 4.69) is 14.8 Å². The number of nitrogens with one attached hydrogen (secondary N) is 1. The molecule has 4 rings (SSSR count). The van der Waals surface area contributed by atoms with Crippen molar-refractivity contribution in [3.8, 4) is 11.5 Å². The number of carbonyl (C=O) groups is 3. The van der Waals surface area contributed by atoms with Crippen molar-refractivity contribution in [1.82, 2.24) is 10.2 Å². The molecule has 33 heavy (non-hydrogen) atoms. The maximum absolute atomic E-state index is 13.2. The number of β-lactam (4-membered cyclic amide) rings is 1. The Balaban J connectivity index is 1.40. The van der Waals surface area contributed by atoms with Gasteiger partial charge in [0, 0.05) is 5.02 Å². The van der Waals surface area contributed by atoms with Crippen molar-refractivity contribution >= 4 is 29.5 Å². The van der Waals surface area contributed by atoms with Crippen molar-refractivity contribution in [2.75, 3.05) is 0 Å². The Morgan fingerprint density at radius 1 is 1.21 bits per heavy atom. The van der Waals surface area contributed by atoms with E-state index in [0.717, 1.165) is 5.56 Å². The highest BCUT2D eigenvalue weighted by Gasteiger charge is 2.54. The molecule has 3 atom stereocenters. The molecule has 0 spiro atoms. The highest BCUT2D eigenvalue weighted by molar-refractivity contribution is 6.30. The summed E-state index contributed by atoms with van der Waals surface area (Å²) in [5, 5.41) is 12.7. The summed E-state index contributed by atoms with van der Waals surface area (Å²) in [7, 11) is 0. The van der Waals surface area contributed by atoms with E-state index in [1.54, 1.807) is 25.1 Å². The number of imide groups is 1. The number of carboxylic acids is 1. The van der Waals surface area contributed by atoms with Crippen LogP contribution in [0.3, 0.4) is 0 Å². The van der Waals surface area contributed by atoms with Crippen LogP contribution >= 0.6 is 11.6 Å². The lowest BCUT2D eigenvalue weighted by atomic mass is 9.83. The highest BCUT2D eigenvalue weighted by atomic mass is 35.5. The minimum Gasteiger partial charge on any atom is -0.480 e. The van der Waals surface area contributed by atoms with Gasteiger partial charge in [0.05, 0.1) is 12.0 Å². The molecule has 0 aliphatic carbocycles. The predicted octanol–water partition coefficient (Wildman–Crippen LogP) is 3.98. The van der Waals surface area contributed by atoms with E-state index in [9.17, 15) is 28.3 Å². The highest BCUT2D eigenvalue weighted by Crippen LogP contribution is 2.42. The standard InChI is InChI=1S/C22H19ClF2N2O6/c1-11(13-6-8-16-17(10-13)33-22(24,25)32-16)26-21(31)27-18(20(29)30)15(19(27)28)7-5-12-3-2-4-14(23)9-12/h2-4,6,8-11,15,18H,5,7H2,1H3,(H,26,31)(H,29,30)/t11-,15-,18+/m1/s1. The fourth-order valence-corrected chi connectivity index (χ4v) is 4.14. The molecular formula is C22H19ClF2N2O6. The van der Waals surface area contributed by atoms with Crippen molar-refractivity contribution in [2.24, 2.45) is 5.92 Å². The molecule has 2 aromatic carbocycles. The summed E-state index contributed by atoms with van der Waals surface area (Å²) < 4.78 is 35.2. The number of amides is 3. The van der Waals surface area contributed by atoms with E-state index in [1.807, 2.05) is 6.07 Å². The first-order valence-corrected chi connectivity index (χ1v) is 10.4. The summed E-state index contributed by atoms with van der Waals surface area (Å²) >= 11 is 5.95. The average molecular weight is 481 g/mol. The van der Waals surface area contributed by atoms with Crippen LogP contribution in [0, 0.1) is 5.92 Å². The number of aliphatic carboxylic acids is 1. The quantitative estimate of drug-likeness (QED) is 0.606. The minimum absolute atomic E-state index is 0.145. The van der Waals surface area contributed by atoms with Crippen molar-refractivity contribution < 1.29 is 37.7 Å². The summed E-state index contributed by atoms with van der Waals surface area (Å²) in [6.07, 6.45) is -3.10. The molecule has 0 bridgehead atoms. The number of carbonyl (C=O) groups excluding carboxylic acids is 2. The van der Waals surface area contributed by atoms with E-state index in [0.29, 0.717) is 21.9 Å². The van der Waals surface area contributed by atoms with Crippen LogP contribution in [-0.4, -0.2) is 40.3 Å². The van der Waals surface area contributed by atoms with E-state index in [4.69, 9.17) is 11.6 Å². The third kappa shape index (κ3) is 4.56. The molecule has 2 aliphatic rings. The molecule has 0 unspecified atom stereocenters. The van der Waals surface area contributed by atoms with Gasteiger partial charge in [-0.05, 0) is 55.2 Å². The average Bonchev–Trinajstić information content (AvgIpc) is 3.04. The Hall–Kier alpha value is -3.40. The van der Waals surface area contributed by atoms with Crippen LogP contribution < -0.4 is 14.8 Å². The number of fused-ring (bicyclic) bond motifs is 1. The molecule has 2 aromatic rings. The lowest BCUT2D eigenvalue weighted by Crippen LogP contribution is -2.68. The first kappa shape index (κ1) is 22.8. The molecule has 0 radical (unpaired) electrons. The second-order valence-corrected chi connectivity index (χ2v) is 8.25. The molecule has 11 heteroatoms. The number of carboxylic acid groups (broad SMARTS) is 1. The number of alkyl halides is 2. The first-order chi connectivity index (χ1) is 15.6. The maximum Gasteiger partial charge on any atom is 0.586 e. The van der Waals surface area contributed by atoms with Gasteiger partial charge in [-0.3, -0.25) is 4.79 Å². The fourth-order valence-electron chi connectivity index (χ4n) is 3.93. The second kappa shape index (κ2) is 8.51. The van der Waals surface area contributed by atoms with Gasteiger partial charge in [0.2, 0.25) is 5.91 Å². The number of benzene rings is 2. The molecule has 0 saturated carbocycles. The van der Waals surface area contributed by atoms with Crippen LogP contribution in [0.25, 0.3) is 0 Å². The van der Waals surface area contributed by atoms with Gasteiger partial charge in [0.15, 0.2) is 17.5 Å². The molecule has 2 N–H and O–H groups in total. The molecule has 1 fully saturated rings. The SMILES string of the molecule is C[C@@H](NC(=O)N1C(=O)[C@H](CCc2cccc(Cl)c2)[C@H]1C(=O)O)c1ccc2c(c1)OC(F)(F)O2. The van der Waals surface area contributed by atoms with Crippen molar-refractivity contribution in [3.63, 3.8) is 0 Å². The Kier molecular flexibility index (Phi) is 5.87. The van der Waals surface area contributed by atoms with Gasteiger partial charge in [-0.15, -0.1) is 8.78 Å². The third-order valence-electron chi connectivity index (χ3n) is 5.58. The topological polar surface area (TPSA) is 105 Å². The van der Waals surface area contributed by atoms with Gasteiger partial charge < -0.3 is 19.9 Å². The summed E-state index contributed by atoms with van der Waals surface area (Å²) in [6, 6.07) is 8.10. The molecule has 1 saturated heterocycles. The van der Waals surface area contributed by atoms with E-state index in [1.165, 1.54) is 18.2 Å². The summed E-state index contributed by atoms with van der Waals surface area (Å²) in [6.45, 7) is 1.56. The minimum atomic E-state index is -3.77. The third-order valence-corrected chi connectivity index (χ3v) is 5.82. The molecule has 0 aromatic heterocycles.